The highest BCUT2D eigenvalue weighted by Crippen LogP contribution is 2.28. The van der Waals surface area contributed by atoms with Gasteiger partial charge < -0.3 is 15.0 Å². The smallest absolute Gasteiger partial charge is 0.248 e. The SMILES string of the molecule is CCC1OCCC1CN1C(=O)C(C)(C)NC(=O)C1CC. The molecule has 20 heavy (non-hydrogen) atoms. The summed E-state index contributed by atoms with van der Waals surface area (Å²) < 4.78 is 5.70. The van der Waals surface area contributed by atoms with Crippen LogP contribution in [0.5, 0.6) is 0 Å². The van der Waals surface area contributed by atoms with Crippen molar-refractivity contribution < 1.29 is 14.3 Å². The summed E-state index contributed by atoms with van der Waals surface area (Å²) in [7, 11) is 0. The predicted octanol–water partition coefficient (Wildman–Crippen LogP) is 1.32. The van der Waals surface area contributed by atoms with E-state index in [0.717, 1.165) is 19.4 Å². The molecule has 0 aromatic rings. The Morgan fingerprint density at radius 2 is 2.00 bits per heavy atom. The third-order valence-electron chi connectivity index (χ3n) is 4.48. The lowest BCUT2D eigenvalue weighted by Gasteiger charge is -2.43. The maximum absolute atomic E-state index is 12.6. The average molecular weight is 282 g/mol. The number of nitrogens with one attached hydrogen (secondary N) is 1. The van der Waals surface area contributed by atoms with E-state index in [0.29, 0.717) is 18.9 Å². The lowest BCUT2D eigenvalue weighted by molar-refractivity contribution is -0.154. The molecule has 2 aliphatic rings. The molecule has 0 radical (unpaired) electrons. The summed E-state index contributed by atoms with van der Waals surface area (Å²) in [5.41, 5.74) is -0.802. The molecule has 2 rings (SSSR count). The molecule has 2 amide bonds. The standard InChI is InChI=1S/C15H26N2O3/c1-5-11-13(18)16-15(3,4)14(19)17(11)9-10-7-8-20-12(10)6-2/h10-12H,5-9H2,1-4H3,(H,16,18). The summed E-state index contributed by atoms with van der Waals surface area (Å²) >= 11 is 0. The predicted molar refractivity (Wildman–Crippen MR) is 76.2 cm³/mol. The normalized spacial score (nSPS) is 33.4. The fourth-order valence-electron chi connectivity index (χ4n) is 3.31. The van der Waals surface area contributed by atoms with Crippen molar-refractivity contribution in [2.45, 2.75) is 64.6 Å². The topological polar surface area (TPSA) is 58.6 Å². The third kappa shape index (κ3) is 2.68. The first-order valence-electron chi connectivity index (χ1n) is 7.65. The summed E-state index contributed by atoms with van der Waals surface area (Å²) in [5, 5.41) is 2.83. The second kappa shape index (κ2) is 5.72. The highest BCUT2D eigenvalue weighted by molar-refractivity contribution is 5.99. The van der Waals surface area contributed by atoms with Crippen LogP contribution in [0.15, 0.2) is 0 Å². The van der Waals surface area contributed by atoms with Gasteiger partial charge in [0.15, 0.2) is 0 Å². The van der Waals surface area contributed by atoms with Crippen LogP contribution in [0.1, 0.15) is 47.0 Å². The van der Waals surface area contributed by atoms with E-state index in [4.69, 9.17) is 4.74 Å². The highest BCUT2D eigenvalue weighted by Gasteiger charge is 2.45. The van der Waals surface area contributed by atoms with Crippen LogP contribution in [0.4, 0.5) is 0 Å². The van der Waals surface area contributed by atoms with E-state index in [2.05, 4.69) is 12.2 Å². The molecule has 5 heteroatoms. The Morgan fingerprint density at radius 1 is 1.30 bits per heavy atom. The second-order valence-corrected chi connectivity index (χ2v) is 6.36. The minimum atomic E-state index is -0.802. The monoisotopic (exact) mass is 282 g/mol. The van der Waals surface area contributed by atoms with Gasteiger partial charge in [-0.05, 0) is 33.1 Å². The summed E-state index contributed by atoms with van der Waals surface area (Å²) in [6.07, 6.45) is 2.80. The van der Waals surface area contributed by atoms with Crippen molar-refractivity contribution in [2.24, 2.45) is 5.92 Å². The zero-order valence-corrected chi connectivity index (χ0v) is 12.9. The lowest BCUT2D eigenvalue weighted by Crippen LogP contribution is -2.68. The van der Waals surface area contributed by atoms with Crippen molar-refractivity contribution in [1.29, 1.82) is 0 Å². The molecule has 3 atom stereocenters. The van der Waals surface area contributed by atoms with Gasteiger partial charge >= 0.3 is 0 Å². The summed E-state index contributed by atoms with van der Waals surface area (Å²) in [6.45, 7) is 8.99. The molecule has 2 aliphatic heterocycles. The molecule has 2 saturated heterocycles. The molecule has 2 fully saturated rings. The van der Waals surface area contributed by atoms with Crippen LogP contribution in [0.25, 0.3) is 0 Å². The molecule has 0 aromatic carbocycles. The first kappa shape index (κ1) is 15.3. The number of carbonyl (C=O) groups excluding carboxylic acids is 2. The van der Waals surface area contributed by atoms with Crippen LogP contribution in [-0.2, 0) is 14.3 Å². The van der Waals surface area contributed by atoms with Gasteiger partial charge in [0.25, 0.3) is 0 Å². The van der Waals surface area contributed by atoms with Gasteiger partial charge in [0.05, 0.1) is 6.10 Å². The zero-order chi connectivity index (χ0) is 14.9. The molecule has 0 bridgehead atoms. The zero-order valence-electron chi connectivity index (χ0n) is 12.9. The number of amides is 2. The number of hydrogen-bond acceptors (Lipinski definition) is 3. The molecule has 0 spiro atoms. The number of piperazine rings is 1. The van der Waals surface area contributed by atoms with Gasteiger partial charge in [0.1, 0.15) is 11.6 Å². The molecule has 1 N–H and O–H groups in total. The number of hydrogen-bond donors (Lipinski definition) is 1. The van der Waals surface area contributed by atoms with Crippen LogP contribution in [0.3, 0.4) is 0 Å². The van der Waals surface area contributed by atoms with E-state index in [9.17, 15) is 9.59 Å². The lowest BCUT2D eigenvalue weighted by atomic mass is 9.92. The molecule has 3 unspecified atom stereocenters. The van der Waals surface area contributed by atoms with Crippen LogP contribution < -0.4 is 5.32 Å². The Hall–Kier alpha value is -1.10. The minimum absolute atomic E-state index is 0.0192. The van der Waals surface area contributed by atoms with Gasteiger partial charge in [-0.1, -0.05) is 13.8 Å². The van der Waals surface area contributed by atoms with Crippen molar-refractivity contribution in [3.8, 4) is 0 Å². The number of carbonyl (C=O) groups is 2. The van der Waals surface area contributed by atoms with E-state index in [1.807, 2.05) is 6.92 Å². The van der Waals surface area contributed by atoms with Gasteiger partial charge in [-0.2, -0.15) is 0 Å². The molecule has 5 nitrogen and oxygen atoms in total. The Balaban J connectivity index is 2.17. The van der Waals surface area contributed by atoms with Crippen LogP contribution >= 0.6 is 0 Å². The summed E-state index contributed by atoms with van der Waals surface area (Å²) in [6, 6.07) is -0.339. The van der Waals surface area contributed by atoms with Gasteiger partial charge in [0.2, 0.25) is 11.8 Å². The van der Waals surface area contributed by atoms with E-state index in [1.165, 1.54) is 0 Å². The van der Waals surface area contributed by atoms with E-state index in [1.54, 1.807) is 18.7 Å². The molecule has 0 aromatic heterocycles. The minimum Gasteiger partial charge on any atom is -0.378 e. The Bertz CT molecular complexity index is 395. The largest absolute Gasteiger partial charge is 0.378 e. The number of nitrogens with zero attached hydrogens (tertiary/aromatic N) is 1. The van der Waals surface area contributed by atoms with Gasteiger partial charge in [-0.15, -0.1) is 0 Å². The summed E-state index contributed by atoms with van der Waals surface area (Å²) in [4.78, 5) is 26.6. The van der Waals surface area contributed by atoms with Crippen molar-refractivity contribution in [2.75, 3.05) is 13.2 Å². The Kier molecular flexibility index (Phi) is 4.37. The quantitative estimate of drug-likeness (QED) is 0.846. The molecular weight excluding hydrogens is 256 g/mol. The second-order valence-electron chi connectivity index (χ2n) is 6.36. The molecular formula is C15H26N2O3. The van der Waals surface area contributed by atoms with Gasteiger partial charge in [-0.25, -0.2) is 0 Å². The molecule has 114 valence electrons. The van der Waals surface area contributed by atoms with Crippen molar-refractivity contribution in [3.05, 3.63) is 0 Å². The van der Waals surface area contributed by atoms with E-state index in [-0.39, 0.29) is 24.0 Å². The van der Waals surface area contributed by atoms with Gasteiger partial charge in [0, 0.05) is 19.1 Å². The summed E-state index contributed by atoms with van der Waals surface area (Å²) in [5.74, 6) is 0.328. The molecule has 2 heterocycles. The number of ether oxygens (including phenoxy) is 1. The van der Waals surface area contributed by atoms with Crippen molar-refractivity contribution in [3.63, 3.8) is 0 Å². The van der Waals surface area contributed by atoms with Gasteiger partial charge in [-0.3, -0.25) is 9.59 Å². The van der Waals surface area contributed by atoms with Crippen molar-refractivity contribution in [1.82, 2.24) is 10.2 Å². The first-order valence-corrected chi connectivity index (χ1v) is 7.65. The third-order valence-corrected chi connectivity index (χ3v) is 4.48. The maximum atomic E-state index is 12.6. The van der Waals surface area contributed by atoms with Crippen LogP contribution in [-0.4, -0.2) is 47.6 Å². The average Bonchev–Trinajstić information content (AvgIpc) is 2.82. The fourth-order valence-corrected chi connectivity index (χ4v) is 3.31. The molecule has 0 aliphatic carbocycles. The number of rotatable bonds is 4. The maximum Gasteiger partial charge on any atom is 0.248 e. The van der Waals surface area contributed by atoms with E-state index < -0.39 is 5.54 Å². The molecule has 0 saturated carbocycles. The Labute approximate surface area is 121 Å². The van der Waals surface area contributed by atoms with Crippen LogP contribution in [0, 0.1) is 5.92 Å². The van der Waals surface area contributed by atoms with Crippen LogP contribution in [0.2, 0.25) is 0 Å². The highest BCUT2D eigenvalue weighted by atomic mass is 16.5. The first-order chi connectivity index (χ1) is 9.40. The van der Waals surface area contributed by atoms with Crippen molar-refractivity contribution >= 4 is 11.8 Å². The fraction of sp³-hybridized carbons (Fsp3) is 0.867. The Morgan fingerprint density at radius 3 is 2.60 bits per heavy atom. The van der Waals surface area contributed by atoms with E-state index >= 15 is 0 Å².